The standard InChI is InChI=1S/C13H26N2O3.C5H10O2/c1-9(2)8-10(3)15-7-6-13(14)11(16)17-12(4,5)18-13;1-5(2,3)7-4-6/h9-10,15H,6-8,14H2,1-5H3;4H,1-3H3. The lowest BCUT2D eigenvalue weighted by Gasteiger charge is -2.23. The Kier molecular flexibility index (Phi) is 9.05. The Hall–Kier alpha value is -1.18. The molecule has 0 saturated carbocycles. The van der Waals surface area contributed by atoms with E-state index in [9.17, 15) is 9.59 Å². The Labute approximate surface area is 151 Å². The minimum Gasteiger partial charge on any atom is -0.462 e. The molecule has 25 heavy (non-hydrogen) atoms. The molecule has 1 saturated heterocycles. The van der Waals surface area contributed by atoms with E-state index in [0.29, 0.717) is 31.4 Å². The van der Waals surface area contributed by atoms with Gasteiger partial charge in [0.2, 0.25) is 11.5 Å². The van der Waals surface area contributed by atoms with Gasteiger partial charge in [0.15, 0.2) is 0 Å². The molecule has 0 aromatic carbocycles. The SMILES string of the molecule is CC(C)(C)OC=O.CC(C)CC(C)NCCC1(N)OC(C)(C)OC1=O. The Morgan fingerprint density at radius 3 is 2.16 bits per heavy atom. The number of hydrogen-bond donors (Lipinski definition) is 2. The van der Waals surface area contributed by atoms with Crippen LogP contribution in [0.5, 0.6) is 0 Å². The molecule has 7 nitrogen and oxygen atoms in total. The average molecular weight is 360 g/mol. The van der Waals surface area contributed by atoms with E-state index in [1.54, 1.807) is 13.8 Å². The number of cyclic esters (lactones) is 1. The van der Waals surface area contributed by atoms with E-state index in [4.69, 9.17) is 15.2 Å². The second kappa shape index (κ2) is 9.50. The zero-order valence-electron chi connectivity index (χ0n) is 17.0. The molecule has 1 aliphatic rings. The molecule has 3 N–H and O–H groups in total. The van der Waals surface area contributed by atoms with Crippen molar-refractivity contribution < 1.29 is 23.8 Å². The lowest BCUT2D eigenvalue weighted by molar-refractivity contribution is -0.166. The Bertz CT molecular complexity index is 432. The maximum Gasteiger partial charge on any atom is 0.356 e. The van der Waals surface area contributed by atoms with E-state index in [2.05, 4.69) is 30.8 Å². The highest BCUT2D eigenvalue weighted by Crippen LogP contribution is 2.30. The van der Waals surface area contributed by atoms with E-state index < -0.39 is 17.5 Å². The van der Waals surface area contributed by atoms with Gasteiger partial charge in [0.25, 0.3) is 6.47 Å². The van der Waals surface area contributed by atoms with Crippen molar-refractivity contribution in [3.63, 3.8) is 0 Å². The fourth-order valence-electron chi connectivity index (χ4n) is 2.40. The summed E-state index contributed by atoms with van der Waals surface area (Å²) in [6.45, 7) is 16.4. The smallest absolute Gasteiger partial charge is 0.356 e. The highest BCUT2D eigenvalue weighted by molar-refractivity contribution is 5.80. The van der Waals surface area contributed by atoms with Crippen LogP contribution in [0.1, 0.15) is 68.2 Å². The van der Waals surface area contributed by atoms with Crippen molar-refractivity contribution in [3.8, 4) is 0 Å². The van der Waals surface area contributed by atoms with Crippen LogP contribution in [0.15, 0.2) is 0 Å². The molecule has 0 amide bonds. The first kappa shape index (κ1) is 23.8. The van der Waals surface area contributed by atoms with Crippen molar-refractivity contribution in [2.24, 2.45) is 11.7 Å². The summed E-state index contributed by atoms with van der Waals surface area (Å²) in [5, 5.41) is 3.35. The van der Waals surface area contributed by atoms with Gasteiger partial charge < -0.3 is 19.5 Å². The van der Waals surface area contributed by atoms with Crippen molar-refractivity contribution in [2.75, 3.05) is 6.54 Å². The van der Waals surface area contributed by atoms with Crippen molar-refractivity contribution in [3.05, 3.63) is 0 Å². The molecule has 1 aliphatic heterocycles. The zero-order chi connectivity index (χ0) is 19.9. The summed E-state index contributed by atoms with van der Waals surface area (Å²) >= 11 is 0. The highest BCUT2D eigenvalue weighted by atomic mass is 16.8. The van der Waals surface area contributed by atoms with Gasteiger partial charge in [0.1, 0.15) is 5.60 Å². The maximum atomic E-state index is 11.7. The summed E-state index contributed by atoms with van der Waals surface area (Å²) < 4.78 is 15.1. The van der Waals surface area contributed by atoms with Gasteiger partial charge in [-0.25, -0.2) is 4.79 Å². The van der Waals surface area contributed by atoms with Crippen molar-refractivity contribution in [1.82, 2.24) is 5.32 Å². The number of carbonyl (C=O) groups is 2. The summed E-state index contributed by atoms with van der Waals surface area (Å²) in [5.41, 5.74) is 4.30. The van der Waals surface area contributed by atoms with Crippen LogP contribution in [0.3, 0.4) is 0 Å². The highest BCUT2D eigenvalue weighted by Gasteiger charge is 2.51. The lowest BCUT2D eigenvalue weighted by Crippen LogP contribution is -2.49. The fraction of sp³-hybridized carbons (Fsp3) is 0.889. The monoisotopic (exact) mass is 360 g/mol. The summed E-state index contributed by atoms with van der Waals surface area (Å²) in [6, 6.07) is 0.402. The zero-order valence-corrected chi connectivity index (χ0v) is 17.0. The number of hydrogen-bond acceptors (Lipinski definition) is 7. The van der Waals surface area contributed by atoms with E-state index in [0.717, 1.165) is 6.42 Å². The maximum absolute atomic E-state index is 11.7. The molecule has 1 heterocycles. The van der Waals surface area contributed by atoms with Crippen LogP contribution in [0.25, 0.3) is 0 Å². The van der Waals surface area contributed by atoms with Crippen LogP contribution in [0, 0.1) is 5.92 Å². The van der Waals surface area contributed by atoms with Crippen LogP contribution in [0.4, 0.5) is 0 Å². The van der Waals surface area contributed by atoms with Gasteiger partial charge in [0.05, 0.1) is 0 Å². The molecular formula is C18H36N2O5. The van der Waals surface area contributed by atoms with Crippen molar-refractivity contribution in [1.29, 1.82) is 0 Å². The van der Waals surface area contributed by atoms with E-state index in [-0.39, 0.29) is 5.60 Å². The average Bonchev–Trinajstić information content (AvgIpc) is 2.55. The molecule has 7 heteroatoms. The molecule has 1 fully saturated rings. The van der Waals surface area contributed by atoms with Gasteiger partial charge in [-0.15, -0.1) is 0 Å². The number of nitrogens with two attached hydrogens (primary N) is 1. The summed E-state index contributed by atoms with van der Waals surface area (Å²) in [6.07, 6.45) is 1.51. The molecule has 0 aliphatic carbocycles. The van der Waals surface area contributed by atoms with Crippen LogP contribution in [-0.4, -0.2) is 42.1 Å². The fourth-order valence-corrected chi connectivity index (χ4v) is 2.40. The molecule has 2 atom stereocenters. The molecule has 1 rings (SSSR count). The first-order valence-electron chi connectivity index (χ1n) is 8.78. The Morgan fingerprint density at radius 1 is 1.28 bits per heavy atom. The van der Waals surface area contributed by atoms with E-state index in [1.807, 2.05) is 20.8 Å². The molecule has 2 unspecified atom stereocenters. The Morgan fingerprint density at radius 2 is 1.84 bits per heavy atom. The molecule has 0 aromatic heterocycles. The molecule has 0 spiro atoms. The molecule has 148 valence electrons. The second-order valence-electron chi connectivity index (χ2n) is 8.34. The normalized spacial score (nSPS) is 23.5. The lowest BCUT2D eigenvalue weighted by atomic mass is 10.0. The molecular weight excluding hydrogens is 324 g/mol. The van der Waals surface area contributed by atoms with Crippen LogP contribution in [0.2, 0.25) is 0 Å². The number of nitrogens with one attached hydrogen (secondary N) is 1. The van der Waals surface area contributed by atoms with E-state index in [1.165, 1.54) is 0 Å². The van der Waals surface area contributed by atoms with Gasteiger partial charge >= 0.3 is 5.97 Å². The second-order valence-corrected chi connectivity index (χ2v) is 8.34. The van der Waals surface area contributed by atoms with Crippen LogP contribution in [-0.2, 0) is 23.8 Å². The molecule has 0 radical (unpaired) electrons. The minimum absolute atomic E-state index is 0.318. The summed E-state index contributed by atoms with van der Waals surface area (Å²) in [4.78, 5) is 21.3. The number of ether oxygens (including phenoxy) is 3. The van der Waals surface area contributed by atoms with Crippen LogP contribution >= 0.6 is 0 Å². The predicted molar refractivity (Wildman–Crippen MR) is 96.6 cm³/mol. The van der Waals surface area contributed by atoms with Gasteiger partial charge in [-0.3, -0.25) is 10.5 Å². The van der Waals surface area contributed by atoms with Gasteiger partial charge in [-0.1, -0.05) is 13.8 Å². The number of carbonyl (C=O) groups excluding carboxylic acids is 2. The van der Waals surface area contributed by atoms with E-state index >= 15 is 0 Å². The minimum atomic E-state index is -1.31. The number of rotatable bonds is 7. The molecule has 0 aromatic rings. The summed E-state index contributed by atoms with van der Waals surface area (Å²) in [5.74, 6) is -0.758. The first-order chi connectivity index (χ1) is 11.2. The largest absolute Gasteiger partial charge is 0.462 e. The van der Waals surface area contributed by atoms with Gasteiger partial charge in [-0.05, 0) is 40.0 Å². The third kappa shape index (κ3) is 10.4. The van der Waals surface area contributed by atoms with Gasteiger partial charge in [0, 0.05) is 32.9 Å². The third-order valence-corrected chi connectivity index (χ3v) is 3.33. The summed E-state index contributed by atoms with van der Waals surface area (Å²) in [7, 11) is 0. The number of esters is 1. The van der Waals surface area contributed by atoms with Crippen molar-refractivity contribution >= 4 is 12.4 Å². The van der Waals surface area contributed by atoms with Gasteiger partial charge in [-0.2, -0.15) is 0 Å². The third-order valence-electron chi connectivity index (χ3n) is 3.33. The molecule has 0 bridgehead atoms. The topological polar surface area (TPSA) is 99.9 Å². The van der Waals surface area contributed by atoms with Crippen molar-refractivity contribution in [2.45, 2.75) is 91.4 Å². The predicted octanol–water partition coefficient (Wildman–Crippen LogP) is 2.32. The van der Waals surface area contributed by atoms with Crippen LogP contribution < -0.4 is 11.1 Å². The Balaban J connectivity index is 0.000000697. The quantitative estimate of drug-likeness (QED) is 0.531. The first-order valence-corrected chi connectivity index (χ1v) is 8.78.